The summed E-state index contributed by atoms with van der Waals surface area (Å²) in [7, 11) is 0. The highest BCUT2D eigenvalue weighted by molar-refractivity contribution is 7.13. The minimum Gasteiger partial charge on any atom is -0.459 e. The predicted octanol–water partition coefficient (Wildman–Crippen LogP) is 2.36. The minimum absolute atomic E-state index is 0.00776. The number of furan rings is 1. The van der Waals surface area contributed by atoms with Gasteiger partial charge in [-0.25, -0.2) is 4.98 Å². The molecule has 3 heterocycles. The quantitative estimate of drug-likeness (QED) is 0.705. The number of rotatable bonds is 8. The molecule has 152 valence electrons. The number of carbonyl (C=O) groups is 2. The lowest BCUT2D eigenvalue weighted by Gasteiger charge is -2.31. The molecule has 1 fully saturated rings. The van der Waals surface area contributed by atoms with E-state index in [1.54, 1.807) is 0 Å². The molecule has 2 aromatic rings. The maximum atomic E-state index is 12.4. The Kier molecular flexibility index (Phi) is 7.22. The summed E-state index contributed by atoms with van der Waals surface area (Å²) in [5.41, 5.74) is 0.761. The van der Waals surface area contributed by atoms with Crippen LogP contribution < -0.4 is 10.6 Å². The largest absolute Gasteiger partial charge is 0.459 e. The van der Waals surface area contributed by atoms with Crippen LogP contribution in [0.2, 0.25) is 0 Å². The number of hydrogen-bond acceptors (Lipinski definition) is 6. The van der Waals surface area contributed by atoms with Gasteiger partial charge in [0.25, 0.3) is 0 Å². The molecular formula is C20H28N4O3S. The van der Waals surface area contributed by atoms with Crippen LogP contribution in [0, 0.1) is 6.92 Å². The molecule has 0 aromatic carbocycles. The summed E-state index contributed by atoms with van der Waals surface area (Å²) in [6, 6.07) is 3.96. The van der Waals surface area contributed by atoms with Crippen LogP contribution in [0.1, 0.15) is 37.6 Å². The van der Waals surface area contributed by atoms with E-state index in [1.807, 2.05) is 31.4 Å². The van der Waals surface area contributed by atoms with E-state index in [0.29, 0.717) is 6.54 Å². The van der Waals surface area contributed by atoms with Crippen molar-refractivity contribution in [1.29, 1.82) is 0 Å². The number of aromatic nitrogens is 1. The summed E-state index contributed by atoms with van der Waals surface area (Å²) in [5.74, 6) is 1.66. The number of likely N-dealkylation sites (tertiary alicyclic amines) is 1. The zero-order chi connectivity index (χ0) is 19.9. The van der Waals surface area contributed by atoms with Crippen LogP contribution in [0.4, 0.5) is 0 Å². The zero-order valence-corrected chi connectivity index (χ0v) is 17.3. The van der Waals surface area contributed by atoms with E-state index in [1.165, 1.54) is 11.3 Å². The van der Waals surface area contributed by atoms with Gasteiger partial charge in [-0.15, -0.1) is 11.3 Å². The molecular weight excluding hydrogens is 376 g/mol. The average Bonchev–Trinajstić information content (AvgIpc) is 3.30. The van der Waals surface area contributed by atoms with E-state index in [0.717, 1.165) is 61.1 Å². The molecule has 2 N–H and O–H groups in total. The fourth-order valence-electron chi connectivity index (χ4n) is 3.25. The molecule has 0 spiro atoms. The highest BCUT2D eigenvalue weighted by atomic mass is 32.1. The number of nitrogens with zero attached hydrogens (tertiary/aromatic N) is 2. The highest BCUT2D eigenvalue weighted by Crippen LogP contribution is 2.25. The van der Waals surface area contributed by atoms with Gasteiger partial charge in [0.1, 0.15) is 5.76 Å². The first kappa shape index (κ1) is 20.5. The van der Waals surface area contributed by atoms with Crippen molar-refractivity contribution in [3.05, 3.63) is 29.0 Å². The molecule has 2 amide bonds. The number of amides is 2. The van der Waals surface area contributed by atoms with Crippen molar-refractivity contribution >= 4 is 23.2 Å². The second kappa shape index (κ2) is 9.84. The molecule has 1 aliphatic heterocycles. The molecule has 28 heavy (non-hydrogen) atoms. The predicted molar refractivity (Wildman–Crippen MR) is 109 cm³/mol. The molecule has 0 saturated carbocycles. The normalized spacial score (nSPS) is 15.5. The Morgan fingerprint density at radius 2 is 2.07 bits per heavy atom. The van der Waals surface area contributed by atoms with Gasteiger partial charge >= 0.3 is 0 Å². The van der Waals surface area contributed by atoms with Gasteiger partial charge < -0.3 is 15.1 Å². The van der Waals surface area contributed by atoms with Gasteiger partial charge in [-0.2, -0.15) is 0 Å². The van der Waals surface area contributed by atoms with Crippen molar-refractivity contribution in [2.75, 3.05) is 26.2 Å². The lowest BCUT2D eigenvalue weighted by atomic mass is 10.0. The van der Waals surface area contributed by atoms with Gasteiger partial charge in [-0.05, 0) is 38.3 Å². The van der Waals surface area contributed by atoms with Gasteiger partial charge in [0, 0.05) is 31.1 Å². The SMILES string of the molecule is CCCNC(=O)CN1CCC(NC(=O)Cc2csc(-c3ccc(C)o3)n2)CC1. The van der Waals surface area contributed by atoms with Crippen LogP contribution >= 0.6 is 11.3 Å². The molecule has 0 bridgehead atoms. The summed E-state index contributed by atoms with van der Waals surface area (Å²) in [5, 5.41) is 8.71. The lowest BCUT2D eigenvalue weighted by Crippen LogP contribution is -2.47. The van der Waals surface area contributed by atoms with Crippen molar-refractivity contribution in [3.8, 4) is 10.8 Å². The molecule has 0 aliphatic carbocycles. The number of hydrogen-bond donors (Lipinski definition) is 2. The van der Waals surface area contributed by atoms with Crippen molar-refractivity contribution in [1.82, 2.24) is 20.5 Å². The topological polar surface area (TPSA) is 87.5 Å². The van der Waals surface area contributed by atoms with Gasteiger partial charge in [0.15, 0.2) is 10.8 Å². The van der Waals surface area contributed by atoms with Crippen LogP contribution in [0.25, 0.3) is 10.8 Å². The monoisotopic (exact) mass is 404 g/mol. The maximum absolute atomic E-state index is 12.4. The molecule has 2 aromatic heterocycles. The number of carbonyl (C=O) groups excluding carboxylic acids is 2. The third-order valence-corrected chi connectivity index (χ3v) is 5.64. The van der Waals surface area contributed by atoms with Gasteiger partial charge in [-0.3, -0.25) is 14.5 Å². The van der Waals surface area contributed by atoms with E-state index in [9.17, 15) is 9.59 Å². The average molecular weight is 405 g/mol. The summed E-state index contributed by atoms with van der Waals surface area (Å²) in [6.45, 7) is 6.75. The van der Waals surface area contributed by atoms with E-state index >= 15 is 0 Å². The second-order valence-corrected chi connectivity index (χ2v) is 8.06. The molecule has 8 heteroatoms. The standard InChI is InChI=1S/C20H28N4O3S/c1-3-8-21-19(26)12-24-9-6-15(7-10-24)22-18(25)11-16-13-28-20(23-16)17-5-4-14(2)27-17/h4-5,13,15H,3,6-12H2,1-2H3,(H,21,26)(H,22,25). The Balaban J connectivity index is 1.40. The molecule has 7 nitrogen and oxygen atoms in total. The number of piperidine rings is 1. The first-order valence-corrected chi connectivity index (χ1v) is 10.7. The molecule has 1 saturated heterocycles. The Morgan fingerprint density at radius 1 is 1.29 bits per heavy atom. The summed E-state index contributed by atoms with van der Waals surface area (Å²) in [6.07, 6.45) is 2.94. The Labute approximate surface area is 169 Å². The number of thiazole rings is 1. The fraction of sp³-hybridized carbons (Fsp3) is 0.550. The molecule has 0 atom stereocenters. The third-order valence-electron chi connectivity index (χ3n) is 4.74. The molecule has 1 aliphatic rings. The van der Waals surface area contributed by atoms with Crippen molar-refractivity contribution in [3.63, 3.8) is 0 Å². The second-order valence-electron chi connectivity index (χ2n) is 7.20. The van der Waals surface area contributed by atoms with Crippen molar-refractivity contribution in [2.45, 2.75) is 45.6 Å². The van der Waals surface area contributed by atoms with Gasteiger partial charge in [0.05, 0.1) is 18.7 Å². The third kappa shape index (κ3) is 5.90. The lowest BCUT2D eigenvalue weighted by molar-refractivity contribution is -0.124. The first-order valence-electron chi connectivity index (χ1n) is 9.83. The minimum atomic E-state index is -0.00776. The van der Waals surface area contributed by atoms with Gasteiger partial charge in [0.2, 0.25) is 11.8 Å². The number of aryl methyl sites for hydroxylation is 1. The van der Waals surface area contributed by atoms with E-state index in [-0.39, 0.29) is 24.3 Å². The Bertz CT molecular complexity index is 793. The van der Waals surface area contributed by atoms with E-state index in [2.05, 4.69) is 20.5 Å². The van der Waals surface area contributed by atoms with Crippen LogP contribution in [0.5, 0.6) is 0 Å². The molecule has 0 radical (unpaired) electrons. The molecule has 0 unspecified atom stereocenters. The van der Waals surface area contributed by atoms with Gasteiger partial charge in [-0.1, -0.05) is 6.92 Å². The Hall–Kier alpha value is -2.19. The zero-order valence-electron chi connectivity index (χ0n) is 16.5. The van der Waals surface area contributed by atoms with Crippen LogP contribution in [0.15, 0.2) is 21.9 Å². The molecule has 3 rings (SSSR count). The van der Waals surface area contributed by atoms with Crippen LogP contribution in [-0.2, 0) is 16.0 Å². The highest BCUT2D eigenvalue weighted by Gasteiger charge is 2.22. The van der Waals surface area contributed by atoms with E-state index in [4.69, 9.17) is 4.42 Å². The summed E-state index contributed by atoms with van der Waals surface area (Å²) < 4.78 is 5.58. The van der Waals surface area contributed by atoms with Crippen molar-refractivity contribution in [2.24, 2.45) is 0 Å². The van der Waals surface area contributed by atoms with Crippen molar-refractivity contribution < 1.29 is 14.0 Å². The fourth-order valence-corrected chi connectivity index (χ4v) is 4.03. The number of nitrogens with one attached hydrogen (secondary N) is 2. The van der Waals surface area contributed by atoms with E-state index < -0.39 is 0 Å². The smallest absolute Gasteiger partial charge is 0.234 e. The maximum Gasteiger partial charge on any atom is 0.234 e. The summed E-state index contributed by atoms with van der Waals surface area (Å²) >= 11 is 1.49. The Morgan fingerprint density at radius 3 is 2.75 bits per heavy atom. The van der Waals surface area contributed by atoms with Crippen LogP contribution in [-0.4, -0.2) is 53.9 Å². The summed E-state index contributed by atoms with van der Waals surface area (Å²) in [4.78, 5) is 30.8. The van der Waals surface area contributed by atoms with Crippen LogP contribution in [0.3, 0.4) is 0 Å². The first-order chi connectivity index (χ1) is 13.5.